The van der Waals surface area contributed by atoms with Crippen molar-refractivity contribution >= 4 is 6.08 Å². The Labute approximate surface area is 88.7 Å². The fourth-order valence-electron chi connectivity index (χ4n) is 1.28. The molecule has 0 spiro atoms. The van der Waals surface area contributed by atoms with Crippen molar-refractivity contribution < 1.29 is 0 Å². The van der Waals surface area contributed by atoms with Gasteiger partial charge in [0.1, 0.15) is 0 Å². The van der Waals surface area contributed by atoms with Crippen LogP contribution in [0.5, 0.6) is 0 Å². The van der Waals surface area contributed by atoms with Crippen molar-refractivity contribution in [3.8, 4) is 0 Å². The molecule has 0 aliphatic carbocycles. The Hall–Kier alpha value is -1.04. The predicted octanol–water partition coefficient (Wildman–Crippen LogP) is 4.70. The first-order chi connectivity index (χ1) is 6.86. The Morgan fingerprint density at radius 3 is 2.07 bits per heavy atom. The summed E-state index contributed by atoms with van der Waals surface area (Å²) in [5.74, 6) is 0. The van der Waals surface area contributed by atoms with Crippen LogP contribution in [0.25, 0.3) is 6.08 Å². The molecule has 0 aliphatic heterocycles. The zero-order valence-corrected chi connectivity index (χ0v) is 9.88. The summed E-state index contributed by atoms with van der Waals surface area (Å²) in [7, 11) is 0. The highest BCUT2D eigenvalue weighted by molar-refractivity contribution is 5.49. The molecule has 0 atom stereocenters. The third kappa shape index (κ3) is 4.86. The third-order valence-electron chi connectivity index (χ3n) is 1.88. The van der Waals surface area contributed by atoms with Crippen molar-refractivity contribution in [1.29, 1.82) is 0 Å². The van der Waals surface area contributed by atoms with Crippen LogP contribution in [0, 0.1) is 0 Å². The van der Waals surface area contributed by atoms with Crippen molar-refractivity contribution in [2.24, 2.45) is 0 Å². The molecule has 1 rings (SSSR count). The number of rotatable bonds is 3. The number of aryl methyl sites for hydroxylation is 1. The first-order valence-electron chi connectivity index (χ1n) is 5.58. The highest BCUT2D eigenvalue weighted by atomic mass is 13.9. The summed E-state index contributed by atoms with van der Waals surface area (Å²) in [6, 6.07) is 8.76. The maximum atomic E-state index is 2.21. The number of benzene rings is 1. The first-order valence-corrected chi connectivity index (χ1v) is 5.58. The van der Waals surface area contributed by atoms with Gasteiger partial charge in [-0.1, -0.05) is 63.6 Å². The van der Waals surface area contributed by atoms with Crippen LogP contribution in [-0.4, -0.2) is 0 Å². The van der Waals surface area contributed by atoms with E-state index in [9.17, 15) is 0 Å². The van der Waals surface area contributed by atoms with Crippen molar-refractivity contribution in [3.63, 3.8) is 0 Å². The lowest BCUT2D eigenvalue weighted by Gasteiger charge is -1.98. The number of allylic oxidation sites excluding steroid dienone is 1. The molecule has 0 fully saturated rings. The molecule has 14 heavy (non-hydrogen) atoms. The first kappa shape index (κ1) is 13.0. The molecule has 1 aromatic carbocycles. The summed E-state index contributed by atoms with van der Waals surface area (Å²) < 4.78 is 0. The maximum Gasteiger partial charge on any atom is -0.0260 e. The average molecular weight is 190 g/mol. The van der Waals surface area contributed by atoms with Crippen LogP contribution in [0.4, 0.5) is 0 Å². The Balaban J connectivity index is 0.000000791. The maximum absolute atomic E-state index is 2.21. The lowest BCUT2D eigenvalue weighted by Crippen LogP contribution is -1.81. The van der Waals surface area contributed by atoms with Gasteiger partial charge in [-0.2, -0.15) is 0 Å². The monoisotopic (exact) mass is 190 g/mol. The zero-order valence-electron chi connectivity index (χ0n) is 9.88. The minimum Gasteiger partial charge on any atom is -0.0871 e. The SMILES string of the molecule is C/C=C/c1ccc(CCC)cc1.CC. The van der Waals surface area contributed by atoms with E-state index in [2.05, 4.69) is 43.3 Å². The summed E-state index contributed by atoms with van der Waals surface area (Å²) in [6.45, 7) is 8.25. The van der Waals surface area contributed by atoms with Gasteiger partial charge >= 0.3 is 0 Å². The molecule has 0 bridgehead atoms. The molecule has 0 saturated carbocycles. The van der Waals surface area contributed by atoms with Crippen molar-refractivity contribution in [1.82, 2.24) is 0 Å². The fraction of sp³-hybridized carbons (Fsp3) is 0.429. The van der Waals surface area contributed by atoms with E-state index < -0.39 is 0 Å². The van der Waals surface area contributed by atoms with E-state index in [4.69, 9.17) is 0 Å². The molecule has 0 aliphatic rings. The van der Waals surface area contributed by atoms with Gasteiger partial charge in [0, 0.05) is 0 Å². The van der Waals surface area contributed by atoms with Crippen LogP contribution in [0.15, 0.2) is 30.3 Å². The average Bonchev–Trinajstić information content (AvgIpc) is 2.25. The van der Waals surface area contributed by atoms with Gasteiger partial charge in [-0.3, -0.25) is 0 Å². The Morgan fingerprint density at radius 2 is 1.64 bits per heavy atom. The third-order valence-corrected chi connectivity index (χ3v) is 1.88. The second-order valence-electron chi connectivity index (χ2n) is 2.99. The molecular formula is C14H22. The molecule has 0 saturated heterocycles. The van der Waals surface area contributed by atoms with Crippen LogP contribution in [0.1, 0.15) is 45.2 Å². The smallest absolute Gasteiger partial charge is 0.0260 e. The van der Waals surface area contributed by atoms with E-state index in [0.29, 0.717) is 0 Å². The summed E-state index contributed by atoms with van der Waals surface area (Å²) in [4.78, 5) is 0. The van der Waals surface area contributed by atoms with Gasteiger partial charge in [0.2, 0.25) is 0 Å². The van der Waals surface area contributed by atoms with E-state index >= 15 is 0 Å². The molecule has 0 nitrogen and oxygen atoms in total. The molecule has 0 unspecified atom stereocenters. The number of hydrogen-bond donors (Lipinski definition) is 0. The predicted molar refractivity (Wildman–Crippen MR) is 66.5 cm³/mol. The summed E-state index contributed by atoms with van der Waals surface area (Å²) >= 11 is 0. The van der Waals surface area contributed by atoms with Gasteiger partial charge in [-0.15, -0.1) is 0 Å². The van der Waals surface area contributed by atoms with E-state index in [1.54, 1.807) is 0 Å². The van der Waals surface area contributed by atoms with E-state index in [1.807, 2.05) is 20.8 Å². The van der Waals surface area contributed by atoms with Gasteiger partial charge in [-0.25, -0.2) is 0 Å². The van der Waals surface area contributed by atoms with E-state index in [1.165, 1.54) is 24.0 Å². The highest BCUT2D eigenvalue weighted by Crippen LogP contribution is 2.07. The van der Waals surface area contributed by atoms with Gasteiger partial charge in [-0.05, 0) is 24.5 Å². The van der Waals surface area contributed by atoms with Crippen molar-refractivity contribution in [3.05, 3.63) is 41.5 Å². The largest absolute Gasteiger partial charge is 0.0871 e. The zero-order chi connectivity index (χ0) is 10.8. The van der Waals surface area contributed by atoms with Crippen molar-refractivity contribution in [2.45, 2.75) is 40.5 Å². The van der Waals surface area contributed by atoms with Crippen LogP contribution in [-0.2, 0) is 6.42 Å². The van der Waals surface area contributed by atoms with Crippen LogP contribution in [0.3, 0.4) is 0 Å². The summed E-state index contributed by atoms with van der Waals surface area (Å²) in [6.07, 6.45) is 6.60. The summed E-state index contributed by atoms with van der Waals surface area (Å²) in [5, 5.41) is 0. The molecular weight excluding hydrogens is 168 g/mol. The molecule has 1 aromatic rings. The normalized spacial score (nSPS) is 9.71. The fourth-order valence-corrected chi connectivity index (χ4v) is 1.28. The summed E-state index contributed by atoms with van der Waals surface area (Å²) in [5.41, 5.74) is 2.73. The van der Waals surface area contributed by atoms with Crippen LogP contribution < -0.4 is 0 Å². The lowest BCUT2D eigenvalue weighted by molar-refractivity contribution is 0.922. The Bertz CT molecular complexity index is 241. The molecule has 0 N–H and O–H groups in total. The minimum atomic E-state index is 1.19. The quantitative estimate of drug-likeness (QED) is 0.648. The lowest BCUT2D eigenvalue weighted by atomic mass is 10.1. The topological polar surface area (TPSA) is 0 Å². The minimum absolute atomic E-state index is 1.19. The van der Waals surface area contributed by atoms with Gasteiger partial charge in [0.05, 0.1) is 0 Å². The van der Waals surface area contributed by atoms with E-state index in [0.717, 1.165) is 0 Å². The Kier molecular flexibility index (Phi) is 7.92. The van der Waals surface area contributed by atoms with Gasteiger partial charge in [0.15, 0.2) is 0 Å². The molecule has 0 amide bonds. The second kappa shape index (κ2) is 8.55. The van der Waals surface area contributed by atoms with E-state index in [-0.39, 0.29) is 0 Å². The number of hydrogen-bond acceptors (Lipinski definition) is 0. The Morgan fingerprint density at radius 1 is 1.07 bits per heavy atom. The van der Waals surface area contributed by atoms with Gasteiger partial charge in [0.25, 0.3) is 0 Å². The van der Waals surface area contributed by atoms with Gasteiger partial charge < -0.3 is 0 Å². The molecule has 0 heteroatoms. The second-order valence-corrected chi connectivity index (χ2v) is 2.99. The standard InChI is InChI=1S/C12H16.C2H6/c1-3-5-11-7-9-12(6-4-2)10-8-11;1-2/h3,5,7-10H,4,6H2,1-2H3;1-2H3/b5-3+;. The highest BCUT2D eigenvalue weighted by Gasteiger charge is 1.89. The van der Waals surface area contributed by atoms with Crippen LogP contribution in [0.2, 0.25) is 0 Å². The molecule has 78 valence electrons. The molecule has 0 heterocycles. The molecule has 0 aromatic heterocycles. The molecule has 0 radical (unpaired) electrons. The van der Waals surface area contributed by atoms with Crippen molar-refractivity contribution in [2.75, 3.05) is 0 Å². The van der Waals surface area contributed by atoms with Crippen LogP contribution >= 0.6 is 0 Å².